The second-order valence-electron chi connectivity index (χ2n) is 7.20. The van der Waals surface area contributed by atoms with E-state index < -0.39 is 6.04 Å². The Morgan fingerprint density at radius 2 is 1.70 bits per heavy atom. The van der Waals surface area contributed by atoms with Crippen molar-refractivity contribution in [2.24, 2.45) is 0 Å². The van der Waals surface area contributed by atoms with E-state index in [4.69, 9.17) is 9.47 Å². The maximum atomic E-state index is 13.1. The van der Waals surface area contributed by atoms with Crippen molar-refractivity contribution in [3.63, 3.8) is 0 Å². The molecular weight excluding hydrogens is 446 g/mol. The maximum Gasteiger partial charge on any atom is 0.290 e. The molecule has 30 heavy (non-hydrogen) atoms. The van der Waals surface area contributed by atoms with Crippen molar-refractivity contribution < 1.29 is 19.4 Å². The highest BCUT2D eigenvalue weighted by atomic mass is 79.9. The standard InChI is InChI=1S/C24H18BrNO4/c25-18-9-7-17(8-10-18)22-21(16-4-2-1-3-5-16)23(27)24(28)26(22)13-15-6-11-19-20(12-15)30-14-29-19/h1-12,22,27H,13-14H2/t22-/m0/s1. The Hall–Kier alpha value is -3.25. The highest BCUT2D eigenvalue weighted by molar-refractivity contribution is 9.10. The number of rotatable bonds is 4. The van der Waals surface area contributed by atoms with Gasteiger partial charge >= 0.3 is 0 Å². The van der Waals surface area contributed by atoms with Crippen LogP contribution in [0.15, 0.2) is 83.0 Å². The highest BCUT2D eigenvalue weighted by Gasteiger charge is 2.41. The lowest BCUT2D eigenvalue weighted by Gasteiger charge is -2.27. The fourth-order valence-corrected chi connectivity index (χ4v) is 4.22. The van der Waals surface area contributed by atoms with Gasteiger partial charge in [0.1, 0.15) is 0 Å². The Bertz CT molecular complexity index is 1140. The first kappa shape index (κ1) is 18.8. The summed E-state index contributed by atoms with van der Waals surface area (Å²) < 4.78 is 11.8. The average molecular weight is 464 g/mol. The molecule has 5 nitrogen and oxygen atoms in total. The number of amides is 1. The third-order valence-electron chi connectivity index (χ3n) is 5.36. The molecule has 0 fully saturated rings. The van der Waals surface area contributed by atoms with Crippen molar-refractivity contribution in [2.75, 3.05) is 6.79 Å². The molecule has 0 saturated heterocycles. The van der Waals surface area contributed by atoms with Gasteiger partial charge in [0.15, 0.2) is 17.3 Å². The van der Waals surface area contributed by atoms with Crippen LogP contribution in [0, 0.1) is 0 Å². The molecule has 0 aromatic heterocycles. The summed E-state index contributed by atoms with van der Waals surface area (Å²) in [6.45, 7) is 0.528. The van der Waals surface area contributed by atoms with Gasteiger partial charge in [0.05, 0.1) is 6.04 Å². The fraction of sp³-hybridized carbons (Fsp3) is 0.125. The van der Waals surface area contributed by atoms with Crippen molar-refractivity contribution in [1.29, 1.82) is 0 Å². The van der Waals surface area contributed by atoms with E-state index in [-0.39, 0.29) is 18.5 Å². The van der Waals surface area contributed by atoms with E-state index in [0.29, 0.717) is 23.6 Å². The number of aliphatic hydroxyl groups is 1. The molecule has 0 unspecified atom stereocenters. The van der Waals surface area contributed by atoms with Gasteiger partial charge in [-0.25, -0.2) is 0 Å². The smallest absolute Gasteiger partial charge is 0.290 e. The first-order valence-electron chi connectivity index (χ1n) is 9.55. The Labute approximate surface area is 182 Å². The predicted octanol–water partition coefficient (Wildman–Crippen LogP) is 5.23. The van der Waals surface area contributed by atoms with Gasteiger partial charge < -0.3 is 19.5 Å². The summed E-state index contributed by atoms with van der Waals surface area (Å²) >= 11 is 3.47. The normalized spacial score (nSPS) is 17.7. The van der Waals surface area contributed by atoms with Crippen LogP contribution in [-0.2, 0) is 11.3 Å². The van der Waals surface area contributed by atoms with E-state index in [1.54, 1.807) is 4.90 Å². The van der Waals surface area contributed by atoms with Gasteiger partial charge in [-0.05, 0) is 41.0 Å². The van der Waals surface area contributed by atoms with Gasteiger partial charge in [-0.15, -0.1) is 0 Å². The molecular formula is C24H18BrNO4. The first-order chi connectivity index (χ1) is 14.6. The summed E-state index contributed by atoms with van der Waals surface area (Å²) in [7, 11) is 0. The molecule has 1 atom stereocenters. The molecule has 0 bridgehead atoms. The zero-order valence-electron chi connectivity index (χ0n) is 15.9. The number of ether oxygens (including phenoxy) is 2. The lowest BCUT2D eigenvalue weighted by molar-refractivity contribution is -0.130. The number of halogens is 1. The van der Waals surface area contributed by atoms with Crippen LogP contribution in [0.3, 0.4) is 0 Å². The largest absolute Gasteiger partial charge is 0.503 e. The van der Waals surface area contributed by atoms with Crippen molar-refractivity contribution in [1.82, 2.24) is 4.90 Å². The number of nitrogens with zero attached hydrogens (tertiary/aromatic N) is 1. The van der Waals surface area contributed by atoms with Crippen molar-refractivity contribution in [3.05, 3.63) is 99.7 Å². The highest BCUT2D eigenvalue weighted by Crippen LogP contribution is 2.44. The second-order valence-corrected chi connectivity index (χ2v) is 8.12. The number of fused-ring (bicyclic) bond motifs is 1. The molecule has 2 aliphatic heterocycles. The summed E-state index contributed by atoms with van der Waals surface area (Å²) in [5, 5.41) is 10.8. The lowest BCUT2D eigenvalue weighted by atomic mass is 9.93. The van der Waals surface area contributed by atoms with Crippen molar-refractivity contribution in [2.45, 2.75) is 12.6 Å². The molecule has 3 aromatic carbocycles. The summed E-state index contributed by atoms with van der Waals surface area (Å²) in [5.74, 6) is 0.760. The Kier molecular flexibility index (Phi) is 4.71. The van der Waals surface area contributed by atoms with Crippen LogP contribution in [0.5, 0.6) is 11.5 Å². The second kappa shape index (κ2) is 7.54. The summed E-state index contributed by atoms with van der Waals surface area (Å²) in [6, 6.07) is 22.6. The molecule has 5 rings (SSSR count). The van der Waals surface area contributed by atoms with E-state index >= 15 is 0 Å². The average Bonchev–Trinajstić information content (AvgIpc) is 3.33. The summed E-state index contributed by atoms with van der Waals surface area (Å²) in [5.41, 5.74) is 3.26. The quantitative estimate of drug-likeness (QED) is 0.575. The Morgan fingerprint density at radius 3 is 2.47 bits per heavy atom. The minimum Gasteiger partial charge on any atom is -0.503 e. The zero-order valence-corrected chi connectivity index (χ0v) is 17.5. The van der Waals surface area contributed by atoms with Crippen molar-refractivity contribution >= 4 is 27.4 Å². The van der Waals surface area contributed by atoms with Crippen LogP contribution >= 0.6 is 15.9 Å². The minimum absolute atomic E-state index is 0.198. The molecule has 0 radical (unpaired) electrons. The van der Waals surface area contributed by atoms with Crippen LogP contribution in [0.25, 0.3) is 5.57 Å². The van der Waals surface area contributed by atoms with E-state index in [1.807, 2.05) is 72.8 Å². The molecule has 2 heterocycles. The number of carbonyl (C=O) groups is 1. The zero-order chi connectivity index (χ0) is 20.7. The van der Waals surface area contributed by atoms with Gasteiger partial charge in [0.25, 0.3) is 5.91 Å². The Morgan fingerprint density at radius 1 is 0.967 bits per heavy atom. The van der Waals surface area contributed by atoms with E-state index in [0.717, 1.165) is 21.2 Å². The van der Waals surface area contributed by atoms with Crippen LogP contribution < -0.4 is 9.47 Å². The third kappa shape index (κ3) is 3.23. The number of aliphatic hydroxyl groups excluding tert-OH is 1. The van der Waals surface area contributed by atoms with Gasteiger partial charge in [0.2, 0.25) is 6.79 Å². The number of carbonyl (C=O) groups excluding carboxylic acids is 1. The molecule has 2 aliphatic rings. The Balaban J connectivity index is 1.57. The van der Waals surface area contributed by atoms with E-state index in [2.05, 4.69) is 15.9 Å². The lowest BCUT2D eigenvalue weighted by Crippen LogP contribution is -2.29. The first-order valence-corrected chi connectivity index (χ1v) is 10.3. The van der Waals surface area contributed by atoms with Gasteiger partial charge in [-0.1, -0.05) is 64.5 Å². The number of hydrogen-bond acceptors (Lipinski definition) is 4. The third-order valence-corrected chi connectivity index (χ3v) is 5.89. The van der Waals surface area contributed by atoms with Crippen molar-refractivity contribution in [3.8, 4) is 11.5 Å². The van der Waals surface area contributed by atoms with Crippen LogP contribution in [0.2, 0.25) is 0 Å². The molecule has 150 valence electrons. The monoisotopic (exact) mass is 463 g/mol. The van der Waals surface area contributed by atoms with Crippen LogP contribution in [0.4, 0.5) is 0 Å². The number of benzene rings is 3. The summed E-state index contributed by atoms with van der Waals surface area (Å²) in [6.07, 6.45) is 0. The SMILES string of the molecule is O=C1C(O)=C(c2ccccc2)[C@H](c2ccc(Br)cc2)N1Cc1ccc2c(c1)OCO2. The van der Waals surface area contributed by atoms with Crippen LogP contribution in [-0.4, -0.2) is 22.7 Å². The number of hydrogen-bond donors (Lipinski definition) is 1. The summed E-state index contributed by atoms with van der Waals surface area (Å²) in [4.78, 5) is 14.8. The predicted molar refractivity (Wildman–Crippen MR) is 116 cm³/mol. The molecule has 0 spiro atoms. The van der Waals surface area contributed by atoms with E-state index in [9.17, 15) is 9.90 Å². The fourth-order valence-electron chi connectivity index (χ4n) is 3.96. The molecule has 0 saturated carbocycles. The van der Waals surface area contributed by atoms with Gasteiger partial charge in [-0.3, -0.25) is 4.79 Å². The maximum absolute atomic E-state index is 13.1. The molecule has 6 heteroatoms. The molecule has 1 amide bonds. The van der Waals surface area contributed by atoms with E-state index in [1.165, 1.54) is 0 Å². The van der Waals surface area contributed by atoms with Gasteiger partial charge in [0, 0.05) is 16.6 Å². The molecule has 0 aliphatic carbocycles. The van der Waals surface area contributed by atoms with Crippen LogP contribution in [0.1, 0.15) is 22.7 Å². The van der Waals surface area contributed by atoms with Gasteiger partial charge in [-0.2, -0.15) is 0 Å². The molecule has 3 aromatic rings. The minimum atomic E-state index is -0.404. The molecule has 1 N–H and O–H groups in total. The topological polar surface area (TPSA) is 59.0 Å².